The Morgan fingerprint density at radius 3 is 2.40 bits per heavy atom. The van der Waals surface area contributed by atoms with Gasteiger partial charge in [-0.15, -0.1) is 0 Å². The van der Waals surface area contributed by atoms with Gasteiger partial charge in [-0.1, -0.05) is 18.2 Å². The van der Waals surface area contributed by atoms with Gasteiger partial charge in [-0.2, -0.15) is 5.10 Å². The van der Waals surface area contributed by atoms with Crippen molar-refractivity contribution in [3.63, 3.8) is 0 Å². The molecule has 0 atom stereocenters. The van der Waals surface area contributed by atoms with Crippen molar-refractivity contribution < 1.29 is 9.53 Å². The van der Waals surface area contributed by atoms with Crippen molar-refractivity contribution in [2.45, 2.75) is 18.8 Å². The number of hydrogen-bond donors (Lipinski definition) is 1. The highest BCUT2D eigenvalue weighted by Gasteiger charge is 2.31. The fourth-order valence-corrected chi connectivity index (χ4v) is 4.43. The summed E-state index contributed by atoms with van der Waals surface area (Å²) in [7, 11) is 1.66. The number of benzene rings is 2. The molecule has 1 aliphatic carbocycles. The van der Waals surface area contributed by atoms with Gasteiger partial charge < -0.3 is 19.9 Å². The molecule has 1 N–H and O–H groups in total. The fourth-order valence-electron chi connectivity index (χ4n) is 4.43. The van der Waals surface area contributed by atoms with Crippen LogP contribution in [0.1, 0.15) is 24.6 Å². The highest BCUT2D eigenvalue weighted by atomic mass is 16.5. The van der Waals surface area contributed by atoms with Gasteiger partial charge in [-0.25, -0.2) is 19.4 Å². The van der Waals surface area contributed by atoms with Crippen molar-refractivity contribution in [1.29, 1.82) is 0 Å². The van der Waals surface area contributed by atoms with E-state index in [0.29, 0.717) is 32.1 Å². The predicted octanol–water partition coefficient (Wildman–Crippen LogP) is 4.06. The van der Waals surface area contributed by atoms with Gasteiger partial charge >= 0.3 is 6.03 Å². The molecule has 1 saturated carbocycles. The monoisotopic (exact) mass is 469 g/mol. The topological polar surface area (TPSA) is 88.4 Å². The predicted molar refractivity (Wildman–Crippen MR) is 134 cm³/mol. The second-order valence-corrected chi connectivity index (χ2v) is 8.94. The molecule has 2 aromatic heterocycles. The molecule has 4 aromatic rings. The summed E-state index contributed by atoms with van der Waals surface area (Å²) in [5.74, 6) is 3.00. The first-order valence-corrected chi connectivity index (χ1v) is 12.0. The summed E-state index contributed by atoms with van der Waals surface area (Å²) in [5, 5.41) is 8.56. The van der Waals surface area contributed by atoms with E-state index < -0.39 is 0 Å². The number of amides is 2. The van der Waals surface area contributed by atoms with E-state index in [1.54, 1.807) is 7.11 Å². The Bertz CT molecular complexity index is 1340. The molecule has 2 fully saturated rings. The van der Waals surface area contributed by atoms with Crippen molar-refractivity contribution in [3.05, 3.63) is 66.6 Å². The molecule has 2 aromatic carbocycles. The SMILES string of the molecule is COc1ccc(-n2ncc3c(N4CCN(C(=O)Nc5ccccc5)CC4)nc(C4CC4)nc32)cc1. The van der Waals surface area contributed by atoms with Crippen LogP contribution in [0.25, 0.3) is 16.7 Å². The minimum Gasteiger partial charge on any atom is -0.497 e. The van der Waals surface area contributed by atoms with Gasteiger partial charge in [0.2, 0.25) is 0 Å². The number of aromatic nitrogens is 4. The number of urea groups is 1. The number of carbonyl (C=O) groups excluding carboxylic acids is 1. The highest BCUT2D eigenvalue weighted by molar-refractivity contribution is 5.90. The van der Waals surface area contributed by atoms with Gasteiger partial charge in [-0.3, -0.25) is 0 Å². The molecule has 9 nitrogen and oxygen atoms in total. The standard InChI is InChI=1S/C26H27N7O2/c1-35-21-11-9-20(10-12-21)33-25-22(17-27-33)24(29-23(30-25)18-7-8-18)31-13-15-32(16-14-31)26(34)28-19-5-3-2-4-6-19/h2-6,9-12,17-18H,7-8,13-16H2,1H3,(H,28,34). The lowest BCUT2D eigenvalue weighted by Crippen LogP contribution is -2.50. The van der Waals surface area contributed by atoms with Crippen LogP contribution in [0.3, 0.4) is 0 Å². The first-order valence-electron chi connectivity index (χ1n) is 12.0. The van der Waals surface area contributed by atoms with E-state index in [0.717, 1.165) is 52.6 Å². The van der Waals surface area contributed by atoms with Crippen LogP contribution in [-0.2, 0) is 0 Å². The summed E-state index contributed by atoms with van der Waals surface area (Å²) in [6.45, 7) is 2.64. The highest BCUT2D eigenvalue weighted by Crippen LogP contribution is 2.40. The summed E-state index contributed by atoms with van der Waals surface area (Å²) in [5.41, 5.74) is 2.54. The lowest BCUT2D eigenvalue weighted by molar-refractivity contribution is 0.208. The third kappa shape index (κ3) is 4.25. The van der Waals surface area contributed by atoms with Crippen LogP contribution in [0.15, 0.2) is 60.8 Å². The molecule has 178 valence electrons. The number of nitrogens with zero attached hydrogens (tertiary/aromatic N) is 6. The summed E-state index contributed by atoms with van der Waals surface area (Å²) in [6, 6.07) is 17.3. The number of anilines is 2. The Labute approximate surface area is 203 Å². The lowest BCUT2D eigenvalue weighted by atomic mass is 10.2. The molecule has 2 aliphatic rings. The van der Waals surface area contributed by atoms with Crippen molar-refractivity contribution in [2.24, 2.45) is 0 Å². The number of nitrogens with one attached hydrogen (secondary N) is 1. The normalized spacial score (nSPS) is 15.9. The maximum Gasteiger partial charge on any atom is 0.321 e. The number of para-hydroxylation sites is 1. The Balaban J connectivity index is 1.26. The van der Waals surface area contributed by atoms with Crippen LogP contribution in [0.5, 0.6) is 5.75 Å². The van der Waals surface area contributed by atoms with Crippen LogP contribution in [-0.4, -0.2) is 64.0 Å². The van der Waals surface area contributed by atoms with E-state index in [1.807, 2.05) is 70.4 Å². The summed E-state index contributed by atoms with van der Waals surface area (Å²) >= 11 is 0. The second kappa shape index (κ2) is 8.90. The number of methoxy groups -OCH3 is 1. The number of piperazine rings is 1. The Morgan fingerprint density at radius 1 is 0.971 bits per heavy atom. The van der Waals surface area contributed by atoms with E-state index in [-0.39, 0.29) is 6.03 Å². The van der Waals surface area contributed by atoms with E-state index in [9.17, 15) is 4.79 Å². The van der Waals surface area contributed by atoms with Crippen molar-refractivity contribution >= 4 is 28.6 Å². The largest absolute Gasteiger partial charge is 0.497 e. The third-order valence-corrected chi connectivity index (χ3v) is 6.58. The smallest absolute Gasteiger partial charge is 0.321 e. The average Bonchev–Trinajstić information content (AvgIpc) is 3.68. The number of hydrogen-bond acceptors (Lipinski definition) is 6. The van der Waals surface area contributed by atoms with Crippen molar-refractivity contribution in [3.8, 4) is 11.4 Å². The first-order chi connectivity index (χ1) is 17.2. The van der Waals surface area contributed by atoms with Gasteiger partial charge in [-0.05, 0) is 49.2 Å². The van der Waals surface area contributed by atoms with Gasteiger partial charge in [0.05, 0.1) is 24.4 Å². The Kier molecular flexibility index (Phi) is 5.44. The second-order valence-electron chi connectivity index (χ2n) is 8.94. The third-order valence-electron chi connectivity index (χ3n) is 6.58. The van der Waals surface area contributed by atoms with Gasteiger partial charge in [0.15, 0.2) is 5.65 Å². The summed E-state index contributed by atoms with van der Waals surface area (Å²) in [6.07, 6.45) is 4.09. The molecule has 1 saturated heterocycles. The van der Waals surface area contributed by atoms with Crippen LogP contribution in [0.2, 0.25) is 0 Å². The first kappa shape index (κ1) is 21.4. The minimum absolute atomic E-state index is 0.0744. The van der Waals surface area contributed by atoms with Gasteiger partial charge in [0, 0.05) is 37.8 Å². The Hall–Kier alpha value is -4.14. The fraction of sp³-hybridized carbons (Fsp3) is 0.308. The molecule has 3 heterocycles. The molecule has 6 rings (SSSR count). The molecule has 0 unspecified atom stereocenters. The van der Waals surface area contributed by atoms with Gasteiger partial charge in [0.25, 0.3) is 0 Å². The zero-order valence-electron chi connectivity index (χ0n) is 19.6. The number of ether oxygens (including phenoxy) is 1. The Morgan fingerprint density at radius 2 is 1.71 bits per heavy atom. The molecule has 1 aliphatic heterocycles. The maximum absolute atomic E-state index is 12.7. The molecule has 9 heteroatoms. The number of rotatable bonds is 5. The van der Waals surface area contributed by atoms with E-state index in [4.69, 9.17) is 14.7 Å². The van der Waals surface area contributed by atoms with Crippen LogP contribution in [0.4, 0.5) is 16.3 Å². The lowest BCUT2D eigenvalue weighted by Gasteiger charge is -2.35. The van der Waals surface area contributed by atoms with Crippen LogP contribution in [0, 0.1) is 0 Å². The maximum atomic E-state index is 12.7. The molecule has 0 spiro atoms. The van der Waals surface area contributed by atoms with Crippen LogP contribution < -0.4 is 15.0 Å². The summed E-state index contributed by atoms with van der Waals surface area (Å²) < 4.78 is 7.17. The minimum atomic E-state index is -0.0744. The van der Waals surface area contributed by atoms with Crippen molar-refractivity contribution in [2.75, 3.05) is 43.5 Å². The zero-order valence-corrected chi connectivity index (χ0v) is 19.6. The van der Waals surface area contributed by atoms with Crippen molar-refractivity contribution in [1.82, 2.24) is 24.6 Å². The molecule has 0 bridgehead atoms. The number of carbonyl (C=O) groups is 1. The molecule has 0 radical (unpaired) electrons. The number of fused-ring (bicyclic) bond motifs is 1. The average molecular weight is 470 g/mol. The molecular formula is C26H27N7O2. The quantitative estimate of drug-likeness (QED) is 0.474. The van der Waals surface area contributed by atoms with Crippen LogP contribution >= 0.6 is 0 Å². The van der Waals surface area contributed by atoms with E-state index >= 15 is 0 Å². The summed E-state index contributed by atoms with van der Waals surface area (Å²) in [4.78, 5) is 26.7. The van der Waals surface area contributed by atoms with E-state index in [2.05, 4.69) is 15.3 Å². The molecular weight excluding hydrogens is 442 g/mol. The zero-order chi connectivity index (χ0) is 23.8. The molecule has 35 heavy (non-hydrogen) atoms. The molecule has 2 amide bonds. The van der Waals surface area contributed by atoms with E-state index in [1.165, 1.54) is 0 Å². The van der Waals surface area contributed by atoms with Gasteiger partial charge in [0.1, 0.15) is 17.4 Å².